The Hall–Kier alpha value is -2.38. The Kier molecular flexibility index (Phi) is 5.82. The third-order valence-electron chi connectivity index (χ3n) is 4.22. The minimum atomic E-state index is -3.44. The first-order valence-electron chi connectivity index (χ1n) is 8.53. The number of halogens is 1. The lowest BCUT2D eigenvalue weighted by atomic mass is 10.1. The number of carbonyl (C=O) groups is 1. The van der Waals surface area contributed by atoms with Crippen LogP contribution in [0.2, 0.25) is 5.02 Å². The molecule has 0 radical (unpaired) electrons. The molecule has 0 spiro atoms. The number of rotatable bonds is 6. The summed E-state index contributed by atoms with van der Waals surface area (Å²) >= 11 is 5.92. The van der Waals surface area contributed by atoms with Crippen LogP contribution in [0.4, 0.5) is 5.69 Å². The van der Waals surface area contributed by atoms with Gasteiger partial charge >= 0.3 is 0 Å². The predicted octanol–water partition coefficient (Wildman–Crippen LogP) is 2.86. The van der Waals surface area contributed by atoms with E-state index in [0.717, 1.165) is 29.9 Å². The lowest BCUT2D eigenvalue weighted by Crippen LogP contribution is -2.26. The zero-order chi connectivity index (χ0) is 19.4. The van der Waals surface area contributed by atoms with Crippen molar-refractivity contribution in [3.8, 4) is 0 Å². The predicted molar refractivity (Wildman–Crippen MR) is 107 cm³/mol. The van der Waals surface area contributed by atoms with Crippen LogP contribution in [0.3, 0.4) is 0 Å². The summed E-state index contributed by atoms with van der Waals surface area (Å²) in [6.07, 6.45) is 0.804. The molecule has 1 aliphatic rings. The second-order valence-electron chi connectivity index (χ2n) is 6.22. The Morgan fingerprint density at radius 3 is 2.44 bits per heavy atom. The van der Waals surface area contributed by atoms with Crippen LogP contribution in [0.5, 0.6) is 0 Å². The van der Waals surface area contributed by atoms with E-state index in [1.165, 1.54) is 6.92 Å². The van der Waals surface area contributed by atoms with E-state index in [2.05, 4.69) is 10.4 Å². The van der Waals surface area contributed by atoms with Crippen LogP contribution in [0.25, 0.3) is 0 Å². The van der Waals surface area contributed by atoms with Crippen LogP contribution in [0, 0.1) is 0 Å². The summed E-state index contributed by atoms with van der Waals surface area (Å²) < 4.78 is 24.6. The van der Waals surface area contributed by atoms with Crippen LogP contribution in [0.15, 0.2) is 58.5 Å². The van der Waals surface area contributed by atoms with E-state index in [4.69, 9.17) is 11.6 Å². The summed E-state index contributed by atoms with van der Waals surface area (Å²) in [4.78, 5) is 11.1. The first kappa shape index (κ1) is 19.4. The average Bonchev–Trinajstić information content (AvgIpc) is 3.12. The Bertz CT molecular complexity index is 955. The highest BCUT2D eigenvalue weighted by Gasteiger charge is 2.19. The quantitative estimate of drug-likeness (QED) is 0.801. The Labute approximate surface area is 163 Å². The van der Waals surface area contributed by atoms with Crippen molar-refractivity contribution < 1.29 is 13.2 Å². The van der Waals surface area contributed by atoms with Crippen LogP contribution in [-0.2, 0) is 14.6 Å². The van der Waals surface area contributed by atoms with Gasteiger partial charge in [-0.1, -0.05) is 23.7 Å². The topological polar surface area (TPSA) is 78.8 Å². The summed E-state index contributed by atoms with van der Waals surface area (Å²) in [7, 11) is -3.44. The largest absolute Gasteiger partial charge is 0.355 e. The molecule has 0 unspecified atom stereocenters. The second kappa shape index (κ2) is 8.10. The number of amides is 1. The lowest BCUT2D eigenvalue weighted by Gasteiger charge is -2.14. The van der Waals surface area contributed by atoms with E-state index < -0.39 is 9.84 Å². The van der Waals surface area contributed by atoms with Crippen molar-refractivity contribution in [2.24, 2.45) is 5.10 Å². The molecule has 0 saturated heterocycles. The monoisotopic (exact) mass is 405 g/mol. The molecule has 6 nitrogen and oxygen atoms in total. The van der Waals surface area contributed by atoms with E-state index >= 15 is 0 Å². The highest BCUT2D eigenvalue weighted by molar-refractivity contribution is 7.91. The normalized spacial score (nSPS) is 14.1. The number of anilines is 1. The Balaban J connectivity index is 1.70. The van der Waals surface area contributed by atoms with Gasteiger partial charge in [-0.05, 0) is 42.0 Å². The summed E-state index contributed by atoms with van der Waals surface area (Å²) in [5.41, 5.74) is 2.83. The first-order chi connectivity index (χ1) is 12.8. The van der Waals surface area contributed by atoms with Gasteiger partial charge in [0.15, 0.2) is 9.84 Å². The number of hydrogen-bond acceptors (Lipinski definition) is 5. The number of carbonyl (C=O) groups excluding carboxylic acids is 1. The minimum absolute atomic E-state index is 0.0975. The zero-order valence-electron chi connectivity index (χ0n) is 14.9. The maximum atomic E-state index is 12.3. The standard InChI is InChI=1S/C19H20ClN3O3S/c1-14(24)21-11-13-27(25,26)18-8-6-17(7-9-18)23-12-10-19(22-23)15-2-4-16(20)5-3-15/h2-9H,10-13H2,1H3,(H,21,24). The fourth-order valence-electron chi connectivity index (χ4n) is 2.79. The number of nitrogens with zero attached hydrogens (tertiary/aromatic N) is 2. The summed E-state index contributed by atoms with van der Waals surface area (Å²) in [6, 6.07) is 14.2. The molecule has 8 heteroatoms. The number of benzene rings is 2. The third-order valence-corrected chi connectivity index (χ3v) is 6.20. The van der Waals surface area contributed by atoms with Gasteiger partial charge in [0.1, 0.15) is 0 Å². The molecule has 0 fully saturated rings. The molecule has 2 aromatic carbocycles. The van der Waals surface area contributed by atoms with Crippen molar-refractivity contribution in [3.63, 3.8) is 0 Å². The molecule has 142 valence electrons. The van der Waals surface area contributed by atoms with E-state index in [9.17, 15) is 13.2 Å². The van der Waals surface area contributed by atoms with Crippen LogP contribution >= 0.6 is 11.6 Å². The van der Waals surface area contributed by atoms with Crippen molar-refractivity contribution in [1.82, 2.24) is 5.32 Å². The van der Waals surface area contributed by atoms with Gasteiger partial charge in [-0.3, -0.25) is 9.80 Å². The molecule has 1 N–H and O–H groups in total. The maximum Gasteiger partial charge on any atom is 0.216 e. The fraction of sp³-hybridized carbons (Fsp3) is 0.263. The van der Waals surface area contributed by atoms with E-state index in [-0.39, 0.29) is 23.1 Å². The summed E-state index contributed by atoms with van der Waals surface area (Å²) in [5.74, 6) is -0.377. The van der Waals surface area contributed by atoms with Gasteiger partial charge in [-0.2, -0.15) is 5.10 Å². The highest BCUT2D eigenvalue weighted by atomic mass is 35.5. The highest BCUT2D eigenvalue weighted by Crippen LogP contribution is 2.24. The molecule has 0 saturated carbocycles. The van der Waals surface area contributed by atoms with Crippen molar-refractivity contribution in [1.29, 1.82) is 0 Å². The molecule has 0 bridgehead atoms. The van der Waals surface area contributed by atoms with Crippen LogP contribution < -0.4 is 10.3 Å². The van der Waals surface area contributed by atoms with Crippen LogP contribution in [0.1, 0.15) is 18.9 Å². The molecule has 3 rings (SSSR count). The molecule has 27 heavy (non-hydrogen) atoms. The molecule has 1 aliphatic heterocycles. The van der Waals surface area contributed by atoms with Gasteiger partial charge in [-0.25, -0.2) is 8.42 Å². The second-order valence-corrected chi connectivity index (χ2v) is 8.77. The third kappa shape index (κ3) is 4.87. The van der Waals surface area contributed by atoms with E-state index in [0.29, 0.717) is 5.02 Å². The first-order valence-corrected chi connectivity index (χ1v) is 10.6. The summed E-state index contributed by atoms with van der Waals surface area (Å²) in [5, 5.41) is 9.67. The molecular formula is C19H20ClN3O3S. The van der Waals surface area contributed by atoms with Gasteiger partial charge in [0, 0.05) is 31.5 Å². The fourth-order valence-corrected chi connectivity index (χ4v) is 4.08. The van der Waals surface area contributed by atoms with E-state index in [1.807, 2.05) is 29.3 Å². The smallest absolute Gasteiger partial charge is 0.216 e. The van der Waals surface area contributed by atoms with Crippen LogP contribution in [-0.4, -0.2) is 38.9 Å². The number of hydrazone groups is 1. The summed E-state index contributed by atoms with van der Waals surface area (Å²) in [6.45, 7) is 2.18. The number of nitrogens with one attached hydrogen (secondary N) is 1. The van der Waals surface area contributed by atoms with Crippen molar-refractivity contribution in [2.45, 2.75) is 18.2 Å². The van der Waals surface area contributed by atoms with E-state index in [1.54, 1.807) is 24.3 Å². The van der Waals surface area contributed by atoms with Gasteiger partial charge in [0.05, 0.1) is 22.0 Å². The van der Waals surface area contributed by atoms with Gasteiger partial charge in [0.2, 0.25) is 5.91 Å². The molecule has 2 aromatic rings. The Morgan fingerprint density at radius 1 is 1.15 bits per heavy atom. The lowest BCUT2D eigenvalue weighted by molar-refractivity contribution is -0.118. The zero-order valence-corrected chi connectivity index (χ0v) is 16.4. The van der Waals surface area contributed by atoms with Gasteiger partial charge < -0.3 is 5.32 Å². The van der Waals surface area contributed by atoms with Crippen molar-refractivity contribution in [3.05, 3.63) is 59.1 Å². The van der Waals surface area contributed by atoms with Gasteiger partial charge in [0.25, 0.3) is 0 Å². The number of hydrogen-bond donors (Lipinski definition) is 1. The number of sulfone groups is 1. The minimum Gasteiger partial charge on any atom is -0.355 e. The molecule has 0 aromatic heterocycles. The Morgan fingerprint density at radius 2 is 1.81 bits per heavy atom. The molecule has 1 amide bonds. The molecule has 0 atom stereocenters. The molecule has 1 heterocycles. The molecular weight excluding hydrogens is 386 g/mol. The SMILES string of the molecule is CC(=O)NCCS(=O)(=O)c1ccc(N2CCC(c3ccc(Cl)cc3)=N2)cc1. The van der Waals surface area contributed by atoms with Gasteiger partial charge in [-0.15, -0.1) is 0 Å². The maximum absolute atomic E-state index is 12.3. The van der Waals surface area contributed by atoms with Crippen molar-refractivity contribution >= 4 is 38.7 Å². The van der Waals surface area contributed by atoms with Crippen molar-refractivity contribution in [2.75, 3.05) is 23.9 Å². The molecule has 0 aliphatic carbocycles. The average molecular weight is 406 g/mol.